The highest BCUT2D eigenvalue weighted by Gasteiger charge is 2.42. The minimum absolute atomic E-state index is 0.0450. The molecule has 0 saturated carbocycles. The molecule has 2 aromatic rings. The Labute approximate surface area is 161 Å². The quantitative estimate of drug-likeness (QED) is 0.533. The van der Waals surface area contributed by atoms with Crippen LogP contribution in [0.15, 0.2) is 30.3 Å². The number of Topliss-reactive ketones (excluding diaryl/α,β-unsaturated/α-hetero) is 2. The molecule has 0 N–H and O–H groups in total. The van der Waals surface area contributed by atoms with Gasteiger partial charge in [0.2, 0.25) is 5.75 Å². The predicted molar refractivity (Wildman–Crippen MR) is 100 cm³/mol. The third kappa shape index (κ3) is 3.02. The van der Waals surface area contributed by atoms with Gasteiger partial charge in [0.25, 0.3) is 11.7 Å². The Morgan fingerprint density at radius 3 is 2.25 bits per heavy atom. The molecule has 1 amide bonds. The second-order valence-electron chi connectivity index (χ2n) is 5.92. The molecule has 1 aliphatic rings. The topological polar surface area (TPSA) is 91.4 Å². The summed E-state index contributed by atoms with van der Waals surface area (Å²) in [4.78, 5) is 39.0. The maximum atomic E-state index is 12.7. The summed E-state index contributed by atoms with van der Waals surface area (Å²) >= 11 is 0. The van der Waals surface area contributed by atoms with E-state index in [2.05, 4.69) is 0 Å². The molecule has 0 bridgehead atoms. The number of anilines is 1. The van der Waals surface area contributed by atoms with Crippen LogP contribution in [0.25, 0.3) is 0 Å². The lowest BCUT2D eigenvalue weighted by molar-refractivity contribution is -0.114. The highest BCUT2D eigenvalue weighted by atomic mass is 16.5. The Balaban J connectivity index is 2.04. The standard InChI is InChI=1S/C20H19NO7/c1-25-12-7-5-6-11(8-12)14(22)10-21-13-9-15(26-2)18(27-3)19(28-4)16(13)17(23)20(21)24/h5-9H,10H2,1-4H3. The number of rotatable bonds is 7. The van der Waals surface area contributed by atoms with Gasteiger partial charge in [-0.25, -0.2) is 0 Å². The van der Waals surface area contributed by atoms with Crippen LogP contribution < -0.4 is 23.8 Å². The van der Waals surface area contributed by atoms with Gasteiger partial charge in [0, 0.05) is 11.6 Å². The molecule has 146 valence electrons. The molecule has 1 aliphatic heterocycles. The van der Waals surface area contributed by atoms with Crippen LogP contribution in [0.2, 0.25) is 0 Å². The molecule has 0 unspecified atom stereocenters. The van der Waals surface area contributed by atoms with Crippen LogP contribution in [0, 0.1) is 0 Å². The van der Waals surface area contributed by atoms with Crippen LogP contribution >= 0.6 is 0 Å². The Bertz CT molecular complexity index is 967. The molecule has 1 heterocycles. The molecule has 8 nitrogen and oxygen atoms in total. The van der Waals surface area contributed by atoms with Gasteiger partial charge in [-0.05, 0) is 12.1 Å². The third-order valence-electron chi connectivity index (χ3n) is 4.46. The lowest BCUT2D eigenvalue weighted by Gasteiger charge is -2.19. The van der Waals surface area contributed by atoms with Crippen LogP contribution in [-0.4, -0.2) is 52.5 Å². The summed E-state index contributed by atoms with van der Waals surface area (Å²) < 4.78 is 21.0. The number of nitrogens with zero attached hydrogens (tertiary/aromatic N) is 1. The van der Waals surface area contributed by atoms with E-state index < -0.39 is 11.7 Å². The van der Waals surface area contributed by atoms with Crippen molar-refractivity contribution in [1.29, 1.82) is 0 Å². The van der Waals surface area contributed by atoms with E-state index in [1.54, 1.807) is 24.3 Å². The van der Waals surface area contributed by atoms with Gasteiger partial charge in [-0.2, -0.15) is 0 Å². The molecule has 28 heavy (non-hydrogen) atoms. The van der Waals surface area contributed by atoms with Crippen molar-refractivity contribution in [3.05, 3.63) is 41.5 Å². The molecule has 0 spiro atoms. The van der Waals surface area contributed by atoms with Gasteiger partial charge in [-0.1, -0.05) is 12.1 Å². The summed E-state index contributed by atoms with van der Waals surface area (Å²) in [6.07, 6.45) is 0. The van der Waals surface area contributed by atoms with Crippen LogP contribution in [0.1, 0.15) is 20.7 Å². The number of carbonyl (C=O) groups excluding carboxylic acids is 3. The van der Waals surface area contributed by atoms with Crippen LogP contribution in [0.4, 0.5) is 5.69 Å². The smallest absolute Gasteiger partial charge is 0.300 e. The first-order valence-corrected chi connectivity index (χ1v) is 8.33. The average Bonchev–Trinajstić information content (AvgIpc) is 2.96. The predicted octanol–water partition coefficient (Wildman–Crippen LogP) is 2.13. The number of ketones is 2. The molecular formula is C20H19NO7. The first kappa shape index (κ1) is 19.2. The average molecular weight is 385 g/mol. The number of hydrogen-bond acceptors (Lipinski definition) is 7. The van der Waals surface area contributed by atoms with Crippen molar-refractivity contribution < 1.29 is 33.3 Å². The van der Waals surface area contributed by atoms with E-state index >= 15 is 0 Å². The van der Waals surface area contributed by atoms with Crippen molar-refractivity contribution in [2.45, 2.75) is 0 Å². The molecule has 3 rings (SSSR count). The zero-order chi connectivity index (χ0) is 20.4. The largest absolute Gasteiger partial charge is 0.497 e. The number of carbonyl (C=O) groups is 3. The SMILES string of the molecule is COc1cccc(C(=O)CN2C(=O)C(=O)c3c2cc(OC)c(OC)c3OC)c1. The first-order chi connectivity index (χ1) is 13.5. The summed E-state index contributed by atoms with van der Waals surface area (Å²) in [5.74, 6) is -0.854. The summed E-state index contributed by atoms with van der Waals surface area (Å²) in [6, 6.07) is 8.05. The summed E-state index contributed by atoms with van der Waals surface area (Å²) in [7, 11) is 5.68. The number of ether oxygens (including phenoxy) is 4. The van der Waals surface area contributed by atoms with Gasteiger partial charge in [0.1, 0.15) is 5.75 Å². The summed E-state index contributed by atoms with van der Waals surface area (Å²) in [5.41, 5.74) is 0.643. The lowest BCUT2D eigenvalue weighted by atomic mass is 10.1. The van der Waals surface area contributed by atoms with E-state index in [0.29, 0.717) is 11.3 Å². The van der Waals surface area contributed by atoms with Gasteiger partial charge in [-0.15, -0.1) is 0 Å². The monoisotopic (exact) mass is 385 g/mol. The highest BCUT2D eigenvalue weighted by Crippen LogP contribution is 2.48. The third-order valence-corrected chi connectivity index (χ3v) is 4.46. The number of hydrogen-bond donors (Lipinski definition) is 0. The molecule has 0 fully saturated rings. The number of benzene rings is 2. The first-order valence-electron chi connectivity index (χ1n) is 8.33. The molecule has 0 aromatic heterocycles. The second-order valence-corrected chi connectivity index (χ2v) is 5.92. The summed E-state index contributed by atoms with van der Waals surface area (Å²) in [5, 5.41) is 0. The fraction of sp³-hybridized carbons (Fsp3) is 0.250. The van der Waals surface area contributed by atoms with E-state index in [1.165, 1.54) is 34.5 Å². The molecule has 8 heteroatoms. The second kappa shape index (κ2) is 7.59. The van der Waals surface area contributed by atoms with Crippen molar-refractivity contribution in [3.8, 4) is 23.0 Å². The molecule has 0 aliphatic carbocycles. The van der Waals surface area contributed by atoms with E-state index in [0.717, 1.165) is 4.90 Å². The van der Waals surface area contributed by atoms with Crippen molar-refractivity contribution in [3.63, 3.8) is 0 Å². The van der Waals surface area contributed by atoms with E-state index in [-0.39, 0.29) is 40.8 Å². The fourth-order valence-electron chi connectivity index (χ4n) is 3.10. The normalized spacial score (nSPS) is 12.6. The van der Waals surface area contributed by atoms with Gasteiger partial charge >= 0.3 is 0 Å². The minimum atomic E-state index is -0.820. The highest BCUT2D eigenvalue weighted by molar-refractivity contribution is 6.53. The van der Waals surface area contributed by atoms with Crippen molar-refractivity contribution >= 4 is 23.2 Å². The zero-order valence-electron chi connectivity index (χ0n) is 15.9. The van der Waals surface area contributed by atoms with Gasteiger partial charge in [0.15, 0.2) is 17.3 Å². The number of amides is 1. The van der Waals surface area contributed by atoms with Crippen LogP contribution in [0.3, 0.4) is 0 Å². The summed E-state index contributed by atoms with van der Waals surface area (Å²) in [6.45, 7) is -0.316. The Kier molecular flexibility index (Phi) is 5.21. The van der Waals surface area contributed by atoms with Crippen LogP contribution in [-0.2, 0) is 4.79 Å². The minimum Gasteiger partial charge on any atom is -0.497 e. The van der Waals surface area contributed by atoms with Crippen molar-refractivity contribution in [2.75, 3.05) is 39.9 Å². The molecule has 0 atom stereocenters. The molecule has 0 radical (unpaired) electrons. The fourth-order valence-corrected chi connectivity index (χ4v) is 3.10. The number of fused-ring (bicyclic) bond motifs is 1. The zero-order valence-corrected chi connectivity index (χ0v) is 15.9. The van der Waals surface area contributed by atoms with Gasteiger partial charge in [-0.3, -0.25) is 19.3 Å². The maximum Gasteiger partial charge on any atom is 0.300 e. The van der Waals surface area contributed by atoms with E-state index in [9.17, 15) is 14.4 Å². The van der Waals surface area contributed by atoms with E-state index in [1.807, 2.05) is 0 Å². The van der Waals surface area contributed by atoms with E-state index in [4.69, 9.17) is 18.9 Å². The van der Waals surface area contributed by atoms with Gasteiger partial charge in [0.05, 0.1) is 46.2 Å². The number of methoxy groups -OCH3 is 4. The van der Waals surface area contributed by atoms with Crippen molar-refractivity contribution in [1.82, 2.24) is 0 Å². The Morgan fingerprint density at radius 1 is 0.929 bits per heavy atom. The van der Waals surface area contributed by atoms with Crippen LogP contribution in [0.5, 0.6) is 23.0 Å². The Morgan fingerprint density at radius 2 is 1.64 bits per heavy atom. The molecule has 0 saturated heterocycles. The maximum absolute atomic E-state index is 12.7. The lowest BCUT2D eigenvalue weighted by Crippen LogP contribution is -2.34. The molecular weight excluding hydrogens is 366 g/mol. The van der Waals surface area contributed by atoms with Crippen molar-refractivity contribution in [2.24, 2.45) is 0 Å². The Hall–Kier alpha value is -3.55. The van der Waals surface area contributed by atoms with Gasteiger partial charge < -0.3 is 18.9 Å². The molecule has 2 aromatic carbocycles.